The Morgan fingerprint density at radius 3 is 2.68 bits per heavy atom. The molecule has 1 N–H and O–H groups in total. The van der Waals surface area contributed by atoms with Crippen LogP contribution < -0.4 is 4.74 Å². The Hall–Kier alpha value is -2.07. The molecule has 100 valence electrons. The summed E-state index contributed by atoms with van der Waals surface area (Å²) in [7, 11) is 1.59. The van der Waals surface area contributed by atoms with E-state index in [4.69, 9.17) is 9.47 Å². The molecule has 4 heteroatoms. The molecule has 0 spiro atoms. The Morgan fingerprint density at radius 2 is 2.00 bits per heavy atom. The van der Waals surface area contributed by atoms with Gasteiger partial charge in [0.1, 0.15) is 17.9 Å². The van der Waals surface area contributed by atoms with Gasteiger partial charge in [-0.05, 0) is 23.8 Å². The molecule has 19 heavy (non-hydrogen) atoms. The molecular formula is C15H16O4. The van der Waals surface area contributed by atoms with Crippen molar-refractivity contribution in [3.05, 3.63) is 42.0 Å². The van der Waals surface area contributed by atoms with Crippen molar-refractivity contribution in [1.29, 1.82) is 0 Å². The number of carboxylic acids is 1. The van der Waals surface area contributed by atoms with Gasteiger partial charge in [0.15, 0.2) is 0 Å². The number of hydrogen-bond acceptors (Lipinski definition) is 3. The second-order valence-corrected chi connectivity index (χ2v) is 4.32. The van der Waals surface area contributed by atoms with Crippen LogP contribution in [0.5, 0.6) is 5.75 Å². The third-order valence-corrected chi connectivity index (χ3v) is 2.98. The van der Waals surface area contributed by atoms with Crippen LogP contribution in [0.3, 0.4) is 0 Å². The molecule has 1 atom stereocenters. The monoisotopic (exact) mass is 260 g/mol. The summed E-state index contributed by atoms with van der Waals surface area (Å²) in [6, 6.07) is 10.9. The molecule has 0 saturated carbocycles. The van der Waals surface area contributed by atoms with Crippen molar-refractivity contribution in [2.75, 3.05) is 13.7 Å². The molecule has 2 aromatic carbocycles. The van der Waals surface area contributed by atoms with E-state index < -0.39 is 5.97 Å². The summed E-state index contributed by atoms with van der Waals surface area (Å²) in [4.78, 5) is 11.4. The fourth-order valence-corrected chi connectivity index (χ4v) is 1.87. The van der Waals surface area contributed by atoms with E-state index in [1.807, 2.05) is 31.2 Å². The van der Waals surface area contributed by atoms with Crippen LogP contribution in [0.15, 0.2) is 36.4 Å². The van der Waals surface area contributed by atoms with Crippen molar-refractivity contribution < 1.29 is 19.4 Å². The Kier molecular flexibility index (Phi) is 4.02. The van der Waals surface area contributed by atoms with Crippen LogP contribution in [0.25, 0.3) is 10.8 Å². The maximum Gasteiger partial charge on any atom is 0.340 e. The van der Waals surface area contributed by atoms with Crippen LogP contribution in [0.1, 0.15) is 17.3 Å². The molecule has 2 rings (SSSR count). The number of hydrogen-bond donors (Lipinski definition) is 1. The topological polar surface area (TPSA) is 55.8 Å². The van der Waals surface area contributed by atoms with Crippen molar-refractivity contribution in [1.82, 2.24) is 0 Å². The third kappa shape index (κ3) is 2.85. The van der Waals surface area contributed by atoms with Crippen LogP contribution in [0, 0.1) is 0 Å². The zero-order valence-electron chi connectivity index (χ0n) is 10.9. The van der Waals surface area contributed by atoms with Crippen LogP contribution in [-0.4, -0.2) is 30.9 Å². The highest BCUT2D eigenvalue weighted by atomic mass is 16.5. The van der Waals surface area contributed by atoms with Gasteiger partial charge in [0.05, 0.1) is 6.10 Å². The quantitative estimate of drug-likeness (QED) is 0.898. The fraction of sp³-hybridized carbons (Fsp3) is 0.267. The molecule has 4 nitrogen and oxygen atoms in total. The van der Waals surface area contributed by atoms with E-state index in [2.05, 4.69) is 0 Å². The molecule has 0 saturated heterocycles. The summed E-state index contributed by atoms with van der Waals surface area (Å²) >= 11 is 0. The van der Waals surface area contributed by atoms with Crippen LogP contribution in [0.2, 0.25) is 0 Å². The predicted molar refractivity (Wildman–Crippen MR) is 72.9 cm³/mol. The number of benzene rings is 2. The SMILES string of the molecule is COC(C)COc1ccc2ccccc2c1C(=O)O. The number of fused-ring (bicyclic) bond motifs is 1. The molecule has 0 aromatic heterocycles. The molecule has 0 heterocycles. The molecule has 0 amide bonds. The molecule has 0 fully saturated rings. The minimum absolute atomic E-state index is 0.0897. The van der Waals surface area contributed by atoms with Crippen LogP contribution >= 0.6 is 0 Å². The Bertz CT molecular complexity index is 592. The average Bonchev–Trinajstić information content (AvgIpc) is 2.43. The largest absolute Gasteiger partial charge is 0.490 e. The Labute approximate surface area is 111 Å². The lowest BCUT2D eigenvalue weighted by molar-refractivity contribution is 0.0649. The number of carbonyl (C=O) groups is 1. The lowest BCUT2D eigenvalue weighted by Crippen LogP contribution is -2.17. The molecule has 0 radical (unpaired) electrons. The van der Waals surface area contributed by atoms with Gasteiger partial charge < -0.3 is 14.6 Å². The Balaban J connectivity index is 2.43. The molecule has 0 aliphatic carbocycles. The van der Waals surface area contributed by atoms with E-state index in [-0.39, 0.29) is 11.7 Å². The molecule has 2 aromatic rings. The van der Waals surface area contributed by atoms with Gasteiger partial charge in [-0.15, -0.1) is 0 Å². The normalized spacial score (nSPS) is 12.3. The van der Waals surface area contributed by atoms with Crippen LogP contribution in [-0.2, 0) is 4.74 Å². The standard InChI is InChI=1S/C15H16O4/c1-10(18-2)9-19-13-8-7-11-5-3-4-6-12(11)14(13)15(16)17/h3-8,10H,9H2,1-2H3,(H,16,17). The van der Waals surface area contributed by atoms with E-state index in [1.165, 1.54) is 0 Å². The third-order valence-electron chi connectivity index (χ3n) is 2.98. The predicted octanol–water partition coefficient (Wildman–Crippen LogP) is 2.95. The van der Waals surface area contributed by atoms with Crippen molar-refractivity contribution in [3.8, 4) is 5.75 Å². The van der Waals surface area contributed by atoms with E-state index in [0.717, 1.165) is 5.39 Å². The van der Waals surface area contributed by atoms with Gasteiger partial charge >= 0.3 is 5.97 Å². The van der Waals surface area contributed by atoms with Crippen molar-refractivity contribution in [2.24, 2.45) is 0 Å². The highest BCUT2D eigenvalue weighted by Crippen LogP contribution is 2.28. The molecule has 0 aliphatic rings. The number of methoxy groups -OCH3 is 1. The summed E-state index contributed by atoms with van der Waals surface area (Å²) in [5.41, 5.74) is 0.196. The average molecular weight is 260 g/mol. The zero-order valence-corrected chi connectivity index (χ0v) is 10.9. The number of ether oxygens (including phenoxy) is 2. The van der Waals surface area contributed by atoms with Gasteiger partial charge in [-0.1, -0.05) is 30.3 Å². The van der Waals surface area contributed by atoms with Gasteiger partial charge in [-0.25, -0.2) is 4.79 Å². The zero-order chi connectivity index (χ0) is 13.8. The highest BCUT2D eigenvalue weighted by Gasteiger charge is 2.16. The first-order chi connectivity index (χ1) is 9.13. The minimum Gasteiger partial charge on any atom is -0.490 e. The molecule has 0 aliphatic heterocycles. The van der Waals surface area contributed by atoms with Gasteiger partial charge in [-0.3, -0.25) is 0 Å². The smallest absolute Gasteiger partial charge is 0.340 e. The minimum atomic E-state index is -0.989. The fourth-order valence-electron chi connectivity index (χ4n) is 1.87. The van der Waals surface area contributed by atoms with Gasteiger partial charge in [0.2, 0.25) is 0 Å². The number of rotatable bonds is 5. The summed E-state index contributed by atoms with van der Waals surface area (Å²) < 4.78 is 10.6. The highest BCUT2D eigenvalue weighted by molar-refractivity contribution is 6.06. The Morgan fingerprint density at radius 1 is 1.26 bits per heavy atom. The van der Waals surface area contributed by atoms with Gasteiger partial charge in [-0.2, -0.15) is 0 Å². The first kappa shape index (κ1) is 13.4. The number of aromatic carboxylic acids is 1. The van der Waals surface area contributed by atoms with Crippen LogP contribution in [0.4, 0.5) is 0 Å². The number of carboxylic acid groups (broad SMARTS) is 1. The summed E-state index contributed by atoms with van der Waals surface area (Å²) in [6.07, 6.45) is -0.0897. The first-order valence-corrected chi connectivity index (χ1v) is 6.04. The van der Waals surface area contributed by atoms with E-state index in [9.17, 15) is 9.90 Å². The molecular weight excluding hydrogens is 244 g/mol. The van der Waals surface area contributed by atoms with Gasteiger partial charge in [0.25, 0.3) is 0 Å². The molecule has 0 bridgehead atoms. The molecule has 1 unspecified atom stereocenters. The maximum atomic E-state index is 11.4. The van der Waals surface area contributed by atoms with E-state index in [1.54, 1.807) is 19.2 Å². The lowest BCUT2D eigenvalue weighted by Gasteiger charge is -2.14. The van der Waals surface area contributed by atoms with Crippen molar-refractivity contribution >= 4 is 16.7 Å². The first-order valence-electron chi connectivity index (χ1n) is 6.04. The lowest BCUT2D eigenvalue weighted by atomic mass is 10.0. The van der Waals surface area contributed by atoms with E-state index >= 15 is 0 Å². The summed E-state index contributed by atoms with van der Waals surface area (Å²) in [5, 5.41) is 10.9. The summed E-state index contributed by atoms with van der Waals surface area (Å²) in [5.74, 6) is -0.619. The summed E-state index contributed by atoms with van der Waals surface area (Å²) in [6.45, 7) is 2.18. The second kappa shape index (κ2) is 5.71. The van der Waals surface area contributed by atoms with Crippen molar-refractivity contribution in [2.45, 2.75) is 13.0 Å². The van der Waals surface area contributed by atoms with Gasteiger partial charge in [0, 0.05) is 7.11 Å². The maximum absolute atomic E-state index is 11.4. The van der Waals surface area contributed by atoms with Crippen molar-refractivity contribution in [3.63, 3.8) is 0 Å². The second-order valence-electron chi connectivity index (χ2n) is 4.32. The van der Waals surface area contributed by atoms with E-state index in [0.29, 0.717) is 17.7 Å².